The van der Waals surface area contributed by atoms with E-state index in [9.17, 15) is 15.0 Å². The SMILES string of the molecule is CN(C[C@@H]1COC[C@@H](O)[C@H]1O)C(=O)c1cc2c(Cl)cccc2[nH]1. The number of fused-ring (bicyclic) bond motifs is 1. The molecule has 1 aliphatic rings. The molecular formula is C16H19ClN2O4. The number of H-pyrrole nitrogens is 1. The summed E-state index contributed by atoms with van der Waals surface area (Å²) in [5.74, 6) is -0.523. The largest absolute Gasteiger partial charge is 0.390 e. The van der Waals surface area contributed by atoms with Crippen LogP contribution < -0.4 is 0 Å². The highest BCUT2D eigenvalue weighted by atomic mass is 35.5. The first kappa shape index (κ1) is 16.3. The molecule has 2 heterocycles. The van der Waals surface area contributed by atoms with Crippen LogP contribution in [0.5, 0.6) is 0 Å². The van der Waals surface area contributed by atoms with E-state index in [0.29, 0.717) is 23.9 Å². The van der Waals surface area contributed by atoms with Crippen molar-refractivity contribution in [1.29, 1.82) is 0 Å². The van der Waals surface area contributed by atoms with Gasteiger partial charge in [0.05, 0.1) is 19.3 Å². The second-order valence-corrected chi connectivity index (χ2v) is 6.33. The number of carbonyl (C=O) groups is 1. The van der Waals surface area contributed by atoms with Crippen molar-refractivity contribution in [3.63, 3.8) is 0 Å². The van der Waals surface area contributed by atoms with E-state index in [1.54, 1.807) is 19.2 Å². The van der Waals surface area contributed by atoms with Gasteiger partial charge in [-0.3, -0.25) is 4.79 Å². The average Bonchev–Trinajstić information content (AvgIpc) is 2.96. The maximum atomic E-state index is 12.6. The lowest BCUT2D eigenvalue weighted by Gasteiger charge is -2.34. The zero-order valence-electron chi connectivity index (χ0n) is 12.7. The Morgan fingerprint density at radius 3 is 2.96 bits per heavy atom. The Bertz CT molecular complexity index is 717. The molecule has 1 saturated heterocycles. The Morgan fingerprint density at radius 2 is 2.22 bits per heavy atom. The molecular weight excluding hydrogens is 320 g/mol. The monoisotopic (exact) mass is 338 g/mol. The first-order valence-corrected chi connectivity index (χ1v) is 7.81. The molecule has 3 rings (SSSR count). The number of rotatable bonds is 3. The van der Waals surface area contributed by atoms with E-state index >= 15 is 0 Å². The summed E-state index contributed by atoms with van der Waals surface area (Å²) in [6.45, 7) is 0.727. The van der Waals surface area contributed by atoms with Crippen LogP contribution in [-0.2, 0) is 4.74 Å². The third-order valence-corrected chi connectivity index (χ3v) is 4.52. The van der Waals surface area contributed by atoms with E-state index in [4.69, 9.17) is 16.3 Å². The molecule has 124 valence electrons. The first-order valence-electron chi connectivity index (χ1n) is 7.44. The van der Waals surface area contributed by atoms with Gasteiger partial charge >= 0.3 is 0 Å². The van der Waals surface area contributed by atoms with Crippen molar-refractivity contribution >= 4 is 28.4 Å². The first-order chi connectivity index (χ1) is 11.0. The van der Waals surface area contributed by atoms with E-state index in [-0.39, 0.29) is 18.4 Å². The smallest absolute Gasteiger partial charge is 0.270 e. The summed E-state index contributed by atoms with van der Waals surface area (Å²) in [7, 11) is 1.66. The van der Waals surface area contributed by atoms with E-state index in [1.165, 1.54) is 4.90 Å². The van der Waals surface area contributed by atoms with Crippen molar-refractivity contribution in [3.8, 4) is 0 Å². The normalized spacial score (nSPS) is 24.8. The van der Waals surface area contributed by atoms with Gasteiger partial charge in [-0.1, -0.05) is 17.7 Å². The molecule has 2 aromatic rings. The average molecular weight is 339 g/mol. The number of aromatic amines is 1. The van der Waals surface area contributed by atoms with Crippen molar-refractivity contribution in [1.82, 2.24) is 9.88 Å². The summed E-state index contributed by atoms with van der Waals surface area (Å²) in [5, 5.41) is 21.0. The van der Waals surface area contributed by atoms with Gasteiger partial charge in [0, 0.05) is 35.4 Å². The van der Waals surface area contributed by atoms with E-state index in [0.717, 1.165) is 10.9 Å². The number of hydrogen-bond acceptors (Lipinski definition) is 4. The van der Waals surface area contributed by atoms with Gasteiger partial charge in [0.25, 0.3) is 5.91 Å². The molecule has 3 N–H and O–H groups in total. The summed E-state index contributed by atoms with van der Waals surface area (Å²) in [6, 6.07) is 7.16. The van der Waals surface area contributed by atoms with Gasteiger partial charge in [-0.15, -0.1) is 0 Å². The summed E-state index contributed by atoms with van der Waals surface area (Å²) >= 11 is 6.12. The number of ether oxygens (including phenoxy) is 1. The van der Waals surface area contributed by atoms with E-state index in [1.807, 2.05) is 12.1 Å². The van der Waals surface area contributed by atoms with E-state index < -0.39 is 12.2 Å². The van der Waals surface area contributed by atoms with Crippen LogP contribution in [0, 0.1) is 5.92 Å². The number of carbonyl (C=O) groups excluding carboxylic acids is 1. The Morgan fingerprint density at radius 1 is 1.43 bits per heavy atom. The highest BCUT2D eigenvalue weighted by Gasteiger charge is 2.33. The van der Waals surface area contributed by atoms with Crippen molar-refractivity contribution in [2.75, 3.05) is 26.8 Å². The van der Waals surface area contributed by atoms with Crippen LogP contribution in [0.3, 0.4) is 0 Å². The predicted octanol–water partition coefficient (Wildman–Crippen LogP) is 1.26. The van der Waals surface area contributed by atoms with Gasteiger partial charge < -0.3 is 24.8 Å². The number of aromatic nitrogens is 1. The molecule has 6 nitrogen and oxygen atoms in total. The van der Waals surface area contributed by atoms with Gasteiger partial charge in [-0.2, -0.15) is 0 Å². The molecule has 0 radical (unpaired) electrons. The third-order valence-electron chi connectivity index (χ3n) is 4.19. The molecule has 3 atom stereocenters. The topological polar surface area (TPSA) is 85.8 Å². The maximum absolute atomic E-state index is 12.6. The molecule has 23 heavy (non-hydrogen) atoms. The molecule has 0 saturated carbocycles. The van der Waals surface area contributed by atoms with Crippen LogP contribution in [0.4, 0.5) is 0 Å². The number of aliphatic hydroxyl groups excluding tert-OH is 2. The van der Waals surface area contributed by atoms with Gasteiger partial charge in [-0.25, -0.2) is 0 Å². The zero-order valence-corrected chi connectivity index (χ0v) is 13.5. The molecule has 0 spiro atoms. The molecule has 1 aliphatic heterocycles. The zero-order chi connectivity index (χ0) is 16.6. The Hall–Kier alpha value is -1.60. The second-order valence-electron chi connectivity index (χ2n) is 5.93. The number of benzene rings is 1. The third kappa shape index (κ3) is 3.21. The fourth-order valence-electron chi connectivity index (χ4n) is 2.89. The molecule has 1 aromatic carbocycles. The molecule has 0 aliphatic carbocycles. The van der Waals surface area contributed by atoms with Crippen LogP contribution >= 0.6 is 11.6 Å². The lowest BCUT2D eigenvalue weighted by molar-refractivity contribution is -0.123. The van der Waals surface area contributed by atoms with Crippen molar-refractivity contribution in [2.24, 2.45) is 5.92 Å². The lowest BCUT2D eigenvalue weighted by Crippen LogP contribution is -2.48. The Balaban J connectivity index is 1.74. The molecule has 0 unspecified atom stereocenters. The van der Waals surface area contributed by atoms with Crippen LogP contribution in [-0.4, -0.2) is 65.0 Å². The van der Waals surface area contributed by atoms with Gasteiger partial charge in [0.15, 0.2) is 0 Å². The van der Waals surface area contributed by atoms with Gasteiger partial charge in [0.1, 0.15) is 11.8 Å². The molecule has 1 fully saturated rings. The van der Waals surface area contributed by atoms with Crippen LogP contribution in [0.15, 0.2) is 24.3 Å². The highest BCUT2D eigenvalue weighted by molar-refractivity contribution is 6.35. The Labute approximate surface area is 138 Å². The van der Waals surface area contributed by atoms with Gasteiger partial charge in [0.2, 0.25) is 0 Å². The van der Waals surface area contributed by atoms with Gasteiger partial charge in [-0.05, 0) is 18.2 Å². The lowest BCUT2D eigenvalue weighted by atomic mass is 9.96. The summed E-state index contributed by atoms with van der Waals surface area (Å²) in [4.78, 5) is 17.1. The fourth-order valence-corrected chi connectivity index (χ4v) is 3.12. The number of halogens is 1. The summed E-state index contributed by atoms with van der Waals surface area (Å²) < 4.78 is 5.24. The molecule has 7 heteroatoms. The minimum absolute atomic E-state index is 0.121. The van der Waals surface area contributed by atoms with Crippen LogP contribution in [0.2, 0.25) is 5.02 Å². The molecule has 1 amide bonds. The second kappa shape index (κ2) is 6.49. The highest BCUT2D eigenvalue weighted by Crippen LogP contribution is 2.25. The number of aliphatic hydroxyl groups is 2. The standard InChI is InChI=1S/C16H19ClN2O4/c1-19(6-9-7-23-8-14(20)15(9)21)16(22)13-5-10-11(17)3-2-4-12(10)18-13/h2-5,9,14-15,18,20-21H,6-8H2,1H3/t9-,14-,15+/m1/s1. The van der Waals surface area contributed by atoms with Crippen molar-refractivity contribution in [2.45, 2.75) is 12.2 Å². The summed E-state index contributed by atoms with van der Waals surface area (Å²) in [5.41, 5.74) is 1.23. The minimum Gasteiger partial charge on any atom is -0.390 e. The van der Waals surface area contributed by atoms with Crippen LogP contribution in [0.1, 0.15) is 10.5 Å². The molecule has 0 bridgehead atoms. The predicted molar refractivity (Wildman–Crippen MR) is 86.6 cm³/mol. The molecule has 1 aromatic heterocycles. The number of nitrogens with one attached hydrogen (secondary N) is 1. The van der Waals surface area contributed by atoms with Crippen molar-refractivity contribution in [3.05, 3.63) is 35.0 Å². The minimum atomic E-state index is -0.913. The fraction of sp³-hybridized carbons (Fsp3) is 0.438. The quantitative estimate of drug-likeness (QED) is 0.786. The van der Waals surface area contributed by atoms with E-state index in [2.05, 4.69) is 4.98 Å². The maximum Gasteiger partial charge on any atom is 0.270 e. The van der Waals surface area contributed by atoms with Crippen molar-refractivity contribution < 1.29 is 19.7 Å². The number of hydrogen-bond donors (Lipinski definition) is 3. The number of nitrogens with zero attached hydrogens (tertiary/aromatic N) is 1. The number of amides is 1. The summed E-state index contributed by atoms with van der Waals surface area (Å²) in [6.07, 6.45) is -1.81. The Kier molecular flexibility index (Phi) is 4.59. The van der Waals surface area contributed by atoms with Crippen LogP contribution in [0.25, 0.3) is 10.9 Å².